The maximum absolute atomic E-state index is 11.6. The van der Waals surface area contributed by atoms with Crippen LogP contribution in [-0.4, -0.2) is 40.5 Å². The average molecular weight is 297 g/mol. The van der Waals surface area contributed by atoms with E-state index in [0.717, 1.165) is 10.6 Å². The molecule has 6 heteroatoms. The van der Waals surface area contributed by atoms with Gasteiger partial charge in [0.15, 0.2) is 0 Å². The third kappa shape index (κ3) is 6.58. The van der Waals surface area contributed by atoms with Crippen molar-refractivity contribution in [2.75, 3.05) is 12.4 Å². The lowest BCUT2D eigenvalue weighted by Gasteiger charge is -2.12. The van der Waals surface area contributed by atoms with Crippen molar-refractivity contribution < 1.29 is 19.8 Å². The van der Waals surface area contributed by atoms with E-state index in [1.54, 1.807) is 11.8 Å². The molecule has 1 rings (SSSR count). The van der Waals surface area contributed by atoms with E-state index in [2.05, 4.69) is 5.32 Å². The summed E-state index contributed by atoms with van der Waals surface area (Å²) < 4.78 is 0. The summed E-state index contributed by atoms with van der Waals surface area (Å²) in [6.07, 6.45) is 0.992. The van der Waals surface area contributed by atoms with E-state index in [4.69, 9.17) is 10.2 Å². The Labute approximate surface area is 122 Å². The van der Waals surface area contributed by atoms with Crippen LogP contribution in [0.25, 0.3) is 0 Å². The van der Waals surface area contributed by atoms with Gasteiger partial charge in [-0.05, 0) is 24.3 Å². The van der Waals surface area contributed by atoms with Crippen molar-refractivity contribution >= 4 is 23.6 Å². The monoisotopic (exact) mass is 297 g/mol. The highest BCUT2D eigenvalue weighted by molar-refractivity contribution is 7.99. The van der Waals surface area contributed by atoms with Crippen LogP contribution in [0.4, 0.5) is 0 Å². The Bertz CT molecular complexity index is 424. The summed E-state index contributed by atoms with van der Waals surface area (Å²) in [7, 11) is 0. The van der Waals surface area contributed by atoms with Gasteiger partial charge in [-0.15, -0.1) is 11.8 Å². The van der Waals surface area contributed by atoms with Crippen LogP contribution in [0.5, 0.6) is 0 Å². The number of amides is 1. The minimum atomic E-state index is -1.12. The first kappa shape index (κ1) is 16.5. The maximum Gasteiger partial charge on any atom is 0.326 e. The first-order valence-corrected chi connectivity index (χ1v) is 7.43. The van der Waals surface area contributed by atoms with Crippen molar-refractivity contribution in [2.45, 2.75) is 30.2 Å². The zero-order chi connectivity index (χ0) is 14.8. The molecule has 0 heterocycles. The number of benzene rings is 1. The second-order valence-electron chi connectivity index (χ2n) is 4.24. The van der Waals surface area contributed by atoms with Crippen molar-refractivity contribution in [3.05, 3.63) is 30.3 Å². The Kier molecular flexibility index (Phi) is 7.75. The minimum Gasteiger partial charge on any atom is -0.480 e. The Morgan fingerprint density at radius 2 is 1.95 bits per heavy atom. The number of carbonyl (C=O) groups excluding carboxylic acids is 1. The predicted molar refractivity (Wildman–Crippen MR) is 77.7 cm³/mol. The number of thioether (sulfide) groups is 1. The molecule has 1 amide bonds. The lowest BCUT2D eigenvalue weighted by Crippen LogP contribution is -2.41. The molecule has 1 aromatic rings. The normalized spacial score (nSPS) is 11.8. The van der Waals surface area contributed by atoms with E-state index < -0.39 is 12.0 Å². The zero-order valence-corrected chi connectivity index (χ0v) is 11.9. The van der Waals surface area contributed by atoms with Gasteiger partial charge < -0.3 is 15.5 Å². The topological polar surface area (TPSA) is 86.6 Å². The number of hydrogen-bond donors (Lipinski definition) is 3. The number of aliphatic hydroxyl groups excluding tert-OH is 1. The molecular weight excluding hydrogens is 278 g/mol. The van der Waals surface area contributed by atoms with Gasteiger partial charge in [-0.1, -0.05) is 18.2 Å². The first-order valence-electron chi connectivity index (χ1n) is 6.44. The molecule has 0 bridgehead atoms. The largest absolute Gasteiger partial charge is 0.480 e. The molecular formula is C14H19NO4S. The van der Waals surface area contributed by atoms with Crippen molar-refractivity contribution in [2.24, 2.45) is 0 Å². The summed E-state index contributed by atoms with van der Waals surface area (Å²) in [5, 5.41) is 20.0. The van der Waals surface area contributed by atoms with Gasteiger partial charge in [-0.25, -0.2) is 4.79 Å². The highest BCUT2D eigenvalue weighted by atomic mass is 32.2. The summed E-state index contributed by atoms with van der Waals surface area (Å²) in [4.78, 5) is 23.5. The first-order chi connectivity index (χ1) is 9.63. The number of rotatable bonds is 9. The summed E-state index contributed by atoms with van der Waals surface area (Å²) in [5.41, 5.74) is 0. The van der Waals surface area contributed by atoms with Gasteiger partial charge in [-0.3, -0.25) is 4.79 Å². The van der Waals surface area contributed by atoms with Crippen LogP contribution in [0, 0.1) is 0 Å². The SMILES string of the molecule is O=C(CCCSc1ccccc1)N[C@H](CCO)C(=O)O. The highest BCUT2D eigenvalue weighted by Crippen LogP contribution is 2.18. The number of aliphatic hydroxyl groups is 1. The standard InChI is InChI=1S/C14H19NO4S/c16-9-8-12(14(18)19)15-13(17)7-4-10-20-11-5-2-1-3-6-11/h1-3,5-6,12,16H,4,7-10H2,(H,15,17)(H,18,19)/t12-/m1/s1. The highest BCUT2D eigenvalue weighted by Gasteiger charge is 2.18. The Morgan fingerprint density at radius 1 is 1.25 bits per heavy atom. The number of hydrogen-bond acceptors (Lipinski definition) is 4. The summed E-state index contributed by atoms with van der Waals surface area (Å²) in [5.74, 6) is -0.611. The van der Waals surface area contributed by atoms with Crippen LogP contribution in [0.3, 0.4) is 0 Å². The van der Waals surface area contributed by atoms with Gasteiger partial charge in [0.05, 0.1) is 0 Å². The summed E-state index contributed by atoms with van der Waals surface area (Å²) in [6.45, 7) is -0.263. The van der Waals surface area contributed by atoms with Crippen molar-refractivity contribution in [3.8, 4) is 0 Å². The number of carboxylic acids is 1. The quantitative estimate of drug-likeness (QED) is 0.475. The predicted octanol–water partition coefficient (Wildman–Crippen LogP) is 1.51. The van der Waals surface area contributed by atoms with Crippen LogP contribution in [0.2, 0.25) is 0 Å². The molecule has 0 unspecified atom stereocenters. The molecule has 5 nitrogen and oxygen atoms in total. The summed E-state index contributed by atoms with van der Waals surface area (Å²) >= 11 is 1.66. The Balaban J connectivity index is 2.21. The van der Waals surface area contributed by atoms with Crippen LogP contribution in [-0.2, 0) is 9.59 Å². The molecule has 3 N–H and O–H groups in total. The molecule has 0 aliphatic heterocycles. The van der Waals surface area contributed by atoms with Crippen LogP contribution >= 0.6 is 11.8 Å². The van der Waals surface area contributed by atoms with E-state index in [0.29, 0.717) is 6.42 Å². The molecule has 0 aliphatic carbocycles. The second-order valence-corrected chi connectivity index (χ2v) is 5.40. The van der Waals surface area contributed by atoms with Gasteiger partial charge >= 0.3 is 5.97 Å². The third-order valence-electron chi connectivity index (χ3n) is 2.61. The number of carbonyl (C=O) groups is 2. The zero-order valence-electron chi connectivity index (χ0n) is 11.1. The van der Waals surface area contributed by atoms with Gasteiger partial charge in [0.2, 0.25) is 5.91 Å². The third-order valence-corrected chi connectivity index (χ3v) is 3.71. The molecule has 20 heavy (non-hydrogen) atoms. The molecule has 0 aliphatic rings. The van der Waals surface area contributed by atoms with E-state index in [1.807, 2.05) is 30.3 Å². The molecule has 0 fully saturated rings. The number of aliphatic carboxylic acids is 1. The van der Waals surface area contributed by atoms with Gasteiger partial charge in [0.25, 0.3) is 0 Å². The van der Waals surface area contributed by atoms with Crippen molar-refractivity contribution in [1.29, 1.82) is 0 Å². The smallest absolute Gasteiger partial charge is 0.326 e. The average Bonchev–Trinajstić information content (AvgIpc) is 2.44. The summed E-state index contributed by atoms with van der Waals surface area (Å²) in [6, 6.07) is 8.88. The molecule has 0 aromatic heterocycles. The number of nitrogens with one attached hydrogen (secondary N) is 1. The molecule has 110 valence electrons. The van der Waals surface area contributed by atoms with Crippen LogP contribution < -0.4 is 5.32 Å². The molecule has 0 radical (unpaired) electrons. The second kappa shape index (κ2) is 9.39. The van der Waals surface area contributed by atoms with E-state index in [9.17, 15) is 9.59 Å². The van der Waals surface area contributed by atoms with Gasteiger partial charge in [-0.2, -0.15) is 0 Å². The molecule has 1 atom stereocenters. The fourth-order valence-corrected chi connectivity index (χ4v) is 2.47. The van der Waals surface area contributed by atoms with Crippen LogP contribution in [0.1, 0.15) is 19.3 Å². The van der Waals surface area contributed by atoms with Crippen molar-refractivity contribution in [3.63, 3.8) is 0 Å². The lowest BCUT2D eigenvalue weighted by molar-refractivity contribution is -0.142. The lowest BCUT2D eigenvalue weighted by atomic mass is 10.2. The van der Waals surface area contributed by atoms with E-state index in [1.165, 1.54) is 0 Å². The van der Waals surface area contributed by atoms with E-state index in [-0.39, 0.29) is 25.4 Å². The molecule has 0 saturated carbocycles. The van der Waals surface area contributed by atoms with Crippen LogP contribution in [0.15, 0.2) is 35.2 Å². The molecule has 1 aromatic carbocycles. The molecule has 0 saturated heterocycles. The van der Waals surface area contributed by atoms with Gasteiger partial charge in [0, 0.05) is 24.3 Å². The Hall–Kier alpha value is -1.53. The number of carboxylic acid groups (broad SMARTS) is 1. The minimum absolute atomic E-state index is 0.0276. The van der Waals surface area contributed by atoms with E-state index >= 15 is 0 Å². The fraction of sp³-hybridized carbons (Fsp3) is 0.429. The fourth-order valence-electron chi connectivity index (χ4n) is 1.59. The molecule has 0 spiro atoms. The van der Waals surface area contributed by atoms with Crippen molar-refractivity contribution in [1.82, 2.24) is 5.32 Å². The Morgan fingerprint density at radius 3 is 2.55 bits per heavy atom. The van der Waals surface area contributed by atoms with Gasteiger partial charge in [0.1, 0.15) is 6.04 Å². The maximum atomic E-state index is 11.6.